The van der Waals surface area contributed by atoms with Gasteiger partial charge in [0.25, 0.3) is 0 Å². The van der Waals surface area contributed by atoms with Crippen molar-refractivity contribution in [1.82, 2.24) is 0 Å². The van der Waals surface area contributed by atoms with Gasteiger partial charge in [0, 0.05) is 12.1 Å². The summed E-state index contributed by atoms with van der Waals surface area (Å²) in [6, 6.07) is 2.71. The summed E-state index contributed by atoms with van der Waals surface area (Å²) in [4.78, 5) is 22.7. The van der Waals surface area contributed by atoms with Crippen LogP contribution >= 0.6 is 0 Å². The quantitative estimate of drug-likeness (QED) is 0.607. The fraction of sp³-hybridized carbons (Fsp3) is 0.333. The highest BCUT2D eigenvalue weighted by Gasteiger charge is 2.21. The van der Waals surface area contributed by atoms with Gasteiger partial charge in [0.2, 0.25) is 0 Å². The van der Waals surface area contributed by atoms with Gasteiger partial charge in [-0.05, 0) is 0 Å². The Morgan fingerprint density at radius 2 is 1.42 bits per heavy atom. The van der Waals surface area contributed by atoms with E-state index in [0.717, 1.165) is 0 Å². The fourth-order valence-corrected chi connectivity index (χ4v) is 1.39. The standard InChI is InChI=1S/C12H14O7/c1-15-8-5-7(19-12(14)18-4)6-9(16-2)10(8)11(13)17-3/h5-6H,1-4H3. The van der Waals surface area contributed by atoms with Gasteiger partial charge >= 0.3 is 12.1 Å². The average molecular weight is 270 g/mol. The van der Waals surface area contributed by atoms with E-state index in [4.69, 9.17) is 14.2 Å². The number of carbonyl (C=O) groups excluding carboxylic acids is 2. The Morgan fingerprint density at radius 1 is 0.895 bits per heavy atom. The first-order valence-electron chi connectivity index (χ1n) is 5.17. The molecule has 0 N–H and O–H groups in total. The summed E-state index contributed by atoms with van der Waals surface area (Å²) in [5.41, 5.74) is 0.102. The number of methoxy groups -OCH3 is 4. The summed E-state index contributed by atoms with van der Waals surface area (Å²) in [7, 11) is 5.14. The molecule has 0 heterocycles. The summed E-state index contributed by atoms with van der Waals surface area (Å²) in [5.74, 6) is -0.193. The van der Waals surface area contributed by atoms with E-state index in [-0.39, 0.29) is 22.8 Å². The molecule has 0 spiro atoms. The van der Waals surface area contributed by atoms with E-state index in [1.165, 1.54) is 40.6 Å². The van der Waals surface area contributed by atoms with E-state index in [1.807, 2.05) is 0 Å². The molecule has 1 aromatic rings. The van der Waals surface area contributed by atoms with Crippen LogP contribution < -0.4 is 14.2 Å². The lowest BCUT2D eigenvalue weighted by atomic mass is 10.1. The number of esters is 1. The normalized spacial score (nSPS) is 9.47. The second kappa shape index (κ2) is 6.48. The Bertz CT molecular complexity index is 456. The van der Waals surface area contributed by atoms with Crippen LogP contribution in [0, 0.1) is 0 Å². The van der Waals surface area contributed by atoms with Crippen LogP contribution in [0.3, 0.4) is 0 Å². The molecule has 0 bridgehead atoms. The molecule has 0 unspecified atom stereocenters. The molecule has 0 atom stereocenters. The summed E-state index contributed by atoms with van der Waals surface area (Å²) in [6.07, 6.45) is -0.894. The predicted octanol–water partition coefficient (Wildman–Crippen LogP) is 1.64. The molecule has 0 aliphatic rings. The third-order valence-corrected chi connectivity index (χ3v) is 2.24. The molecule has 0 radical (unpaired) electrons. The Kier molecular flexibility index (Phi) is 4.99. The highest BCUT2D eigenvalue weighted by atomic mass is 16.7. The number of ether oxygens (including phenoxy) is 5. The van der Waals surface area contributed by atoms with E-state index < -0.39 is 12.1 Å². The maximum absolute atomic E-state index is 11.6. The Morgan fingerprint density at radius 3 is 1.79 bits per heavy atom. The first kappa shape index (κ1) is 14.6. The first-order valence-corrected chi connectivity index (χ1v) is 5.17. The van der Waals surface area contributed by atoms with Gasteiger partial charge in [-0.1, -0.05) is 0 Å². The summed E-state index contributed by atoms with van der Waals surface area (Å²) >= 11 is 0. The molecule has 1 rings (SSSR count). The molecule has 0 aliphatic carbocycles. The largest absolute Gasteiger partial charge is 0.513 e. The van der Waals surface area contributed by atoms with Crippen molar-refractivity contribution in [2.45, 2.75) is 0 Å². The second-order valence-corrected chi connectivity index (χ2v) is 3.25. The Hall–Kier alpha value is -2.44. The van der Waals surface area contributed by atoms with E-state index in [2.05, 4.69) is 9.47 Å². The molecule has 19 heavy (non-hydrogen) atoms. The molecule has 7 nitrogen and oxygen atoms in total. The topological polar surface area (TPSA) is 80.3 Å². The zero-order chi connectivity index (χ0) is 14.4. The van der Waals surface area contributed by atoms with Gasteiger partial charge in [-0.25, -0.2) is 9.59 Å². The minimum Gasteiger partial charge on any atom is -0.496 e. The minimum absolute atomic E-state index is 0.102. The van der Waals surface area contributed by atoms with Crippen molar-refractivity contribution in [3.8, 4) is 17.2 Å². The van der Waals surface area contributed by atoms with E-state index in [9.17, 15) is 9.59 Å². The maximum Gasteiger partial charge on any atom is 0.513 e. The van der Waals surface area contributed by atoms with Gasteiger partial charge < -0.3 is 23.7 Å². The third-order valence-electron chi connectivity index (χ3n) is 2.24. The average Bonchev–Trinajstić information content (AvgIpc) is 2.44. The summed E-state index contributed by atoms with van der Waals surface area (Å²) in [6.45, 7) is 0. The number of hydrogen-bond donors (Lipinski definition) is 0. The molecule has 0 saturated carbocycles. The molecule has 0 aliphatic heterocycles. The molecular weight excluding hydrogens is 256 g/mol. The molecule has 0 saturated heterocycles. The molecule has 104 valence electrons. The van der Waals surface area contributed by atoms with Crippen molar-refractivity contribution in [2.24, 2.45) is 0 Å². The SMILES string of the molecule is COC(=O)Oc1cc(OC)c(C(=O)OC)c(OC)c1. The highest BCUT2D eigenvalue weighted by Crippen LogP contribution is 2.34. The Balaban J connectivity index is 3.27. The highest BCUT2D eigenvalue weighted by molar-refractivity contribution is 5.96. The second-order valence-electron chi connectivity index (χ2n) is 3.25. The summed E-state index contributed by atoms with van der Waals surface area (Å²) in [5, 5.41) is 0. The molecule has 1 aromatic carbocycles. The lowest BCUT2D eigenvalue weighted by molar-refractivity contribution is 0.0593. The van der Waals surface area contributed by atoms with Gasteiger partial charge in [-0.3, -0.25) is 0 Å². The lowest BCUT2D eigenvalue weighted by Crippen LogP contribution is -2.10. The predicted molar refractivity (Wildman–Crippen MR) is 63.9 cm³/mol. The maximum atomic E-state index is 11.6. The van der Waals surface area contributed by atoms with Crippen LogP contribution in [0.25, 0.3) is 0 Å². The lowest BCUT2D eigenvalue weighted by Gasteiger charge is -2.13. The van der Waals surface area contributed by atoms with Crippen LogP contribution in [-0.2, 0) is 9.47 Å². The zero-order valence-corrected chi connectivity index (χ0v) is 11.0. The smallest absolute Gasteiger partial charge is 0.496 e. The molecule has 0 aromatic heterocycles. The van der Waals surface area contributed by atoms with E-state index >= 15 is 0 Å². The molecule has 0 amide bonds. The zero-order valence-electron chi connectivity index (χ0n) is 11.0. The van der Waals surface area contributed by atoms with Gasteiger partial charge in [-0.15, -0.1) is 0 Å². The van der Waals surface area contributed by atoms with Gasteiger partial charge in [0.15, 0.2) is 0 Å². The third kappa shape index (κ3) is 3.27. The van der Waals surface area contributed by atoms with Crippen LogP contribution in [0.5, 0.6) is 17.2 Å². The summed E-state index contributed by atoms with van der Waals surface area (Å²) < 4.78 is 23.9. The van der Waals surface area contributed by atoms with Crippen molar-refractivity contribution in [3.05, 3.63) is 17.7 Å². The number of carbonyl (C=O) groups is 2. The minimum atomic E-state index is -0.894. The van der Waals surface area contributed by atoms with Crippen LogP contribution in [0.1, 0.15) is 10.4 Å². The van der Waals surface area contributed by atoms with Gasteiger partial charge in [-0.2, -0.15) is 0 Å². The van der Waals surface area contributed by atoms with Crippen LogP contribution in [0.4, 0.5) is 4.79 Å². The molecule has 7 heteroatoms. The van der Waals surface area contributed by atoms with Gasteiger partial charge in [0.1, 0.15) is 22.8 Å². The van der Waals surface area contributed by atoms with Crippen molar-refractivity contribution in [3.63, 3.8) is 0 Å². The van der Waals surface area contributed by atoms with Crippen LogP contribution in [0.2, 0.25) is 0 Å². The number of benzene rings is 1. The van der Waals surface area contributed by atoms with Crippen LogP contribution in [-0.4, -0.2) is 40.6 Å². The van der Waals surface area contributed by atoms with Crippen molar-refractivity contribution in [2.75, 3.05) is 28.4 Å². The first-order chi connectivity index (χ1) is 9.07. The number of hydrogen-bond acceptors (Lipinski definition) is 7. The van der Waals surface area contributed by atoms with Crippen LogP contribution in [0.15, 0.2) is 12.1 Å². The van der Waals surface area contributed by atoms with Gasteiger partial charge in [0.05, 0.1) is 28.4 Å². The fourth-order valence-electron chi connectivity index (χ4n) is 1.39. The van der Waals surface area contributed by atoms with Crippen molar-refractivity contribution < 1.29 is 33.3 Å². The van der Waals surface area contributed by atoms with Crippen molar-refractivity contribution in [1.29, 1.82) is 0 Å². The monoisotopic (exact) mass is 270 g/mol. The molecule has 0 fully saturated rings. The van der Waals surface area contributed by atoms with E-state index in [0.29, 0.717) is 0 Å². The number of rotatable bonds is 4. The van der Waals surface area contributed by atoms with E-state index in [1.54, 1.807) is 0 Å². The van der Waals surface area contributed by atoms with Crippen molar-refractivity contribution >= 4 is 12.1 Å². The molecular formula is C12H14O7. The Labute approximate surface area is 110 Å².